The molecular formula is C16H16N4O4. The van der Waals surface area contributed by atoms with Gasteiger partial charge in [-0.3, -0.25) is 14.3 Å². The van der Waals surface area contributed by atoms with E-state index in [1.807, 2.05) is 0 Å². The van der Waals surface area contributed by atoms with Crippen LogP contribution in [0.15, 0.2) is 30.6 Å². The minimum atomic E-state index is -0.400. The number of nitrogens with zero attached hydrogens (tertiary/aromatic N) is 3. The zero-order valence-corrected chi connectivity index (χ0v) is 13.1. The number of fused-ring (bicyclic) bond motifs is 1. The number of rotatable bonds is 3. The second kappa shape index (κ2) is 5.55. The Morgan fingerprint density at radius 2 is 2.17 bits per heavy atom. The number of aromatic nitrogens is 2. The predicted molar refractivity (Wildman–Crippen MR) is 84.9 cm³/mol. The molecule has 2 amide bonds. The van der Waals surface area contributed by atoms with Gasteiger partial charge in [0, 0.05) is 38.0 Å². The molecule has 1 unspecified atom stereocenters. The van der Waals surface area contributed by atoms with Gasteiger partial charge in [-0.15, -0.1) is 0 Å². The van der Waals surface area contributed by atoms with Crippen LogP contribution < -0.4 is 19.7 Å². The number of amides is 2. The normalized spacial score (nSPS) is 19.0. The van der Waals surface area contributed by atoms with Gasteiger partial charge in [-0.1, -0.05) is 0 Å². The fraction of sp³-hybridized carbons (Fsp3) is 0.312. The number of aryl methyl sites for hydroxylation is 1. The molecule has 2 aliphatic rings. The lowest BCUT2D eigenvalue weighted by molar-refractivity contribution is -0.122. The third kappa shape index (κ3) is 2.55. The van der Waals surface area contributed by atoms with Crippen molar-refractivity contribution in [3.63, 3.8) is 0 Å². The van der Waals surface area contributed by atoms with Gasteiger partial charge in [0.2, 0.25) is 18.6 Å². The summed E-state index contributed by atoms with van der Waals surface area (Å²) in [5.74, 6) is 0.614. The number of ether oxygens (including phenoxy) is 2. The summed E-state index contributed by atoms with van der Waals surface area (Å²) in [6, 6.07) is 5.34. The van der Waals surface area contributed by atoms with Gasteiger partial charge in [0.15, 0.2) is 11.5 Å². The number of nitrogens with one attached hydrogen (secondary N) is 1. The average molecular weight is 328 g/mol. The number of benzene rings is 1. The molecule has 3 heterocycles. The first-order valence-electron chi connectivity index (χ1n) is 7.60. The maximum absolute atomic E-state index is 12.4. The fourth-order valence-electron chi connectivity index (χ4n) is 2.92. The molecule has 1 saturated heterocycles. The van der Waals surface area contributed by atoms with Gasteiger partial charge in [-0.05, 0) is 12.1 Å². The molecule has 124 valence electrons. The van der Waals surface area contributed by atoms with E-state index in [2.05, 4.69) is 10.4 Å². The zero-order chi connectivity index (χ0) is 16.7. The van der Waals surface area contributed by atoms with Crippen LogP contribution in [0, 0.1) is 5.92 Å². The number of anilines is 2. The molecule has 0 saturated carbocycles. The summed E-state index contributed by atoms with van der Waals surface area (Å²) in [5.41, 5.74) is 1.33. The van der Waals surface area contributed by atoms with Crippen LogP contribution in [0.25, 0.3) is 0 Å². The maximum atomic E-state index is 12.4. The molecule has 0 spiro atoms. The Morgan fingerprint density at radius 3 is 2.96 bits per heavy atom. The van der Waals surface area contributed by atoms with Crippen LogP contribution in [-0.4, -0.2) is 34.9 Å². The van der Waals surface area contributed by atoms with E-state index in [4.69, 9.17) is 9.47 Å². The summed E-state index contributed by atoms with van der Waals surface area (Å²) in [7, 11) is 1.77. The molecule has 0 aliphatic carbocycles. The Labute approximate surface area is 137 Å². The topological polar surface area (TPSA) is 85.7 Å². The molecule has 0 bridgehead atoms. The molecule has 1 N–H and O–H groups in total. The van der Waals surface area contributed by atoms with Gasteiger partial charge in [-0.25, -0.2) is 0 Å². The third-order valence-electron chi connectivity index (χ3n) is 4.14. The molecule has 8 heteroatoms. The highest BCUT2D eigenvalue weighted by Gasteiger charge is 2.35. The summed E-state index contributed by atoms with van der Waals surface area (Å²) >= 11 is 0. The van der Waals surface area contributed by atoms with Crippen LogP contribution in [0.1, 0.15) is 6.42 Å². The van der Waals surface area contributed by atoms with Crippen LogP contribution in [0.4, 0.5) is 11.4 Å². The standard InChI is InChI=1S/C16H16N4O4/c1-19-8-11(6-17-19)18-16(22)10-4-15(21)20(7-10)12-2-3-13-14(5-12)24-9-23-13/h2-3,5-6,8,10H,4,7,9H2,1H3,(H,18,22). The second-order valence-electron chi connectivity index (χ2n) is 5.83. The van der Waals surface area contributed by atoms with Gasteiger partial charge in [0.05, 0.1) is 17.8 Å². The van der Waals surface area contributed by atoms with Crippen LogP contribution in [0.5, 0.6) is 11.5 Å². The SMILES string of the molecule is Cn1cc(NC(=O)C2CC(=O)N(c3ccc4c(c3)OCO4)C2)cn1. The molecule has 1 aromatic carbocycles. The van der Waals surface area contributed by atoms with Crippen molar-refractivity contribution in [1.82, 2.24) is 9.78 Å². The minimum Gasteiger partial charge on any atom is -0.454 e. The minimum absolute atomic E-state index is 0.0831. The smallest absolute Gasteiger partial charge is 0.231 e. The van der Waals surface area contributed by atoms with Gasteiger partial charge < -0.3 is 19.7 Å². The fourth-order valence-corrected chi connectivity index (χ4v) is 2.92. The van der Waals surface area contributed by atoms with E-state index in [1.54, 1.807) is 47.2 Å². The molecule has 0 radical (unpaired) electrons. The third-order valence-corrected chi connectivity index (χ3v) is 4.14. The number of hydrogen-bond donors (Lipinski definition) is 1. The first kappa shape index (κ1) is 14.6. The summed E-state index contributed by atoms with van der Waals surface area (Å²) < 4.78 is 12.2. The number of carbonyl (C=O) groups is 2. The van der Waals surface area contributed by atoms with Crippen LogP contribution in [-0.2, 0) is 16.6 Å². The quantitative estimate of drug-likeness (QED) is 0.913. The maximum Gasteiger partial charge on any atom is 0.231 e. The van der Waals surface area contributed by atoms with E-state index in [0.717, 1.165) is 0 Å². The molecule has 1 aromatic heterocycles. The Hall–Kier alpha value is -3.03. The van der Waals surface area contributed by atoms with Crippen molar-refractivity contribution in [2.45, 2.75) is 6.42 Å². The highest BCUT2D eigenvalue weighted by molar-refractivity contribution is 6.03. The highest BCUT2D eigenvalue weighted by atomic mass is 16.7. The van der Waals surface area contributed by atoms with Gasteiger partial charge in [-0.2, -0.15) is 5.10 Å². The Morgan fingerprint density at radius 1 is 1.33 bits per heavy atom. The molecule has 24 heavy (non-hydrogen) atoms. The average Bonchev–Trinajstić information content (AvgIpc) is 3.26. The lowest BCUT2D eigenvalue weighted by Gasteiger charge is -2.17. The van der Waals surface area contributed by atoms with Crippen molar-refractivity contribution in [2.24, 2.45) is 13.0 Å². The molecule has 2 aromatic rings. The van der Waals surface area contributed by atoms with Crippen LogP contribution in [0.3, 0.4) is 0 Å². The van der Waals surface area contributed by atoms with Gasteiger partial charge >= 0.3 is 0 Å². The van der Waals surface area contributed by atoms with Crippen molar-refractivity contribution in [2.75, 3.05) is 23.6 Å². The summed E-state index contributed by atoms with van der Waals surface area (Å²) in [4.78, 5) is 26.3. The van der Waals surface area contributed by atoms with Crippen molar-refractivity contribution in [3.8, 4) is 11.5 Å². The van der Waals surface area contributed by atoms with Crippen molar-refractivity contribution >= 4 is 23.2 Å². The van der Waals surface area contributed by atoms with E-state index in [0.29, 0.717) is 29.4 Å². The van der Waals surface area contributed by atoms with Gasteiger partial charge in [0.1, 0.15) is 0 Å². The number of carbonyl (C=O) groups excluding carboxylic acids is 2. The van der Waals surface area contributed by atoms with E-state index < -0.39 is 5.92 Å². The Kier molecular flexibility index (Phi) is 3.37. The van der Waals surface area contributed by atoms with E-state index in [-0.39, 0.29) is 25.0 Å². The number of hydrogen-bond acceptors (Lipinski definition) is 5. The Bertz CT molecular complexity index is 816. The summed E-state index contributed by atoms with van der Waals surface area (Å²) in [6.45, 7) is 0.521. The van der Waals surface area contributed by atoms with Crippen LogP contribution in [0.2, 0.25) is 0 Å². The van der Waals surface area contributed by atoms with Crippen LogP contribution >= 0.6 is 0 Å². The molecular weight excluding hydrogens is 312 g/mol. The van der Waals surface area contributed by atoms with Crippen molar-refractivity contribution < 1.29 is 19.1 Å². The van der Waals surface area contributed by atoms with Crippen molar-refractivity contribution in [3.05, 3.63) is 30.6 Å². The first-order chi connectivity index (χ1) is 11.6. The monoisotopic (exact) mass is 328 g/mol. The van der Waals surface area contributed by atoms with Gasteiger partial charge in [0.25, 0.3) is 0 Å². The molecule has 4 rings (SSSR count). The molecule has 1 atom stereocenters. The Balaban J connectivity index is 1.47. The highest BCUT2D eigenvalue weighted by Crippen LogP contribution is 2.37. The summed E-state index contributed by atoms with van der Waals surface area (Å²) in [6.07, 6.45) is 3.47. The van der Waals surface area contributed by atoms with Crippen molar-refractivity contribution in [1.29, 1.82) is 0 Å². The molecule has 1 fully saturated rings. The van der Waals surface area contributed by atoms with E-state index in [1.165, 1.54) is 0 Å². The zero-order valence-electron chi connectivity index (χ0n) is 13.1. The second-order valence-corrected chi connectivity index (χ2v) is 5.83. The first-order valence-corrected chi connectivity index (χ1v) is 7.60. The summed E-state index contributed by atoms with van der Waals surface area (Å²) in [5, 5.41) is 6.80. The molecule has 8 nitrogen and oxygen atoms in total. The lowest BCUT2D eigenvalue weighted by Crippen LogP contribution is -2.28. The predicted octanol–water partition coefficient (Wildman–Crippen LogP) is 1.14. The van der Waals surface area contributed by atoms with E-state index >= 15 is 0 Å². The lowest BCUT2D eigenvalue weighted by atomic mass is 10.1. The van der Waals surface area contributed by atoms with E-state index in [9.17, 15) is 9.59 Å². The molecule has 2 aliphatic heterocycles. The largest absolute Gasteiger partial charge is 0.454 e.